The molecule has 0 spiro atoms. The zero-order chi connectivity index (χ0) is 28.9. The first-order valence-electron chi connectivity index (χ1n) is 15.3. The molecule has 41 heavy (non-hydrogen) atoms. The number of aliphatic carboxylic acids is 1. The Labute approximate surface area is 244 Å². The lowest BCUT2D eigenvalue weighted by atomic mass is 9.98. The van der Waals surface area contributed by atoms with E-state index < -0.39 is 17.7 Å². The van der Waals surface area contributed by atoms with Crippen LogP contribution in [0.25, 0.3) is 0 Å². The van der Waals surface area contributed by atoms with Crippen LogP contribution in [0.2, 0.25) is 0 Å². The van der Waals surface area contributed by atoms with Crippen LogP contribution >= 0.6 is 0 Å². The summed E-state index contributed by atoms with van der Waals surface area (Å²) in [4.78, 5) is 10.8. The summed E-state index contributed by atoms with van der Waals surface area (Å²) in [6.45, 7) is 3.85. The number of hydrogen-bond donors (Lipinski definition) is 2. The number of aliphatic hydroxyl groups is 1. The number of para-hydroxylation sites is 1. The van der Waals surface area contributed by atoms with E-state index in [-0.39, 0.29) is 50.3 Å². The highest BCUT2D eigenvalue weighted by atomic mass is 16.7. The van der Waals surface area contributed by atoms with E-state index in [0.29, 0.717) is 38.9 Å². The number of carboxylic acids is 1. The van der Waals surface area contributed by atoms with E-state index in [1.807, 2.05) is 49.4 Å². The molecule has 0 bridgehead atoms. The number of unbranched alkanes of at least 4 members (excludes halogenated alkanes) is 1. The summed E-state index contributed by atoms with van der Waals surface area (Å²) >= 11 is 0. The number of benzene rings is 1. The van der Waals surface area contributed by atoms with Crippen molar-refractivity contribution in [2.24, 2.45) is 5.92 Å². The number of hydrogen-bond acceptors (Lipinski definition) is 8. The minimum atomic E-state index is -0.797. The average Bonchev–Trinajstić information content (AvgIpc) is 3.27. The molecule has 1 aromatic carbocycles. The predicted molar refractivity (Wildman–Crippen MR) is 153 cm³/mol. The van der Waals surface area contributed by atoms with Crippen molar-refractivity contribution >= 4 is 5.97 Å². The third-order valence-electron chi connectivity index (χ3n) is 7.98. The maximum atomic E-state index is 11.1. The molecule has 9 heteroatoms. The van der Waals surface area contributed by atoms with Gasteiger partial charge in [0.05, 0.1) is 24.9 Å². The molecule has 2 saturated heterocycles. The van der Waals surface area contributed by atoms with Crippen molar-refractivity contribution in [1.82, 2.24) is 0 Å². The molecule has 4 rings (SSSR count). The number of carbonyl (C=O) groups is 1. The fourth-order valence-corrected chi connectivity index (χ4v) is 5.71. The summed E-state index contributed by atoms with van der Waals surface area (Å²) in [6, 6.07) is 9.65. The van der Waals surface area contributed by atoms with E-state index in [9.17, 15) is 9.90 Å². The maximum absolute atomic E-state index is 11.1. The van der Waals surface area contributed by atoms with Crippen LogP contribution in [0, 0.1) is 5.92 Å². The van der Waals surface area contributed by atoms with Crippen molar-refractivity contribution in [2.75, 3.05) is 26.4 Å². The molecule has 0 aromatic heterocycles. The molecule has 7 atom stereocenters. The van der Waals surface area contributed by atoms with Gasteiger partial charge in [0.15, 0.2) is 12.6 Å². The highest BCUT2D eigenvalue weighted by molar-refractivity contribution is 5.66. The van der Waals surface area contributed by atoms with Gasteiger partial charge in [-0.25, -0.2) is 0 Å². The summed E-state index contributed by atoms with van der Waals surface area (Å²) in [6.07, 6.45) is 10.4. The first kappa shape index (κ1) is 31.9. The van der Waals surface area contributed by atoms with Crippen molar-refractivity contribution in [2.45, 2.75) is 114 Å². The second-order valence-electron chi connectivity index (χ2n) is 11.7. The van der Waals surface area contributed by atoms with E-state index >= 15 is 0 Å². The molecular weight excluding hydrogens is 528 g/mol. The molecule has 1 aromatic rings. The quantitative estimate of drug-likeness (QED) is 0.201. The summed E-state index contributed by atoms with van der Waals surface area (Å²) in [5.41, 5.74) is -0.797. The monoisotopic (exact) mass is 576 g/mol. The molecule has 230 valence electrons. The fraction of sp³-hybridized carbons (Fsp3) is 0.719. The molecule has 0 radical (unpaired) electrons. The lowest BCUT2D eigenvalue weighted by molar-refractivity contribution is -0.253. The zero-order valence-corrected chi connectivity index (χ0v) is 24.4. The van der Waals surface area contributed by atoms with Gasteiger partial charge in [-0.2, -0.15) is 0 Å². The van der Waals surface area contributed by atoms with Crippen LogP contribution in [0.15, 0.2) is 42.5 Å². The van der Waals surface area contributed by atoms with E-state index in [1.54, 1.807) is 0 Å². The van der Waals surface area contributed by atoms with Gasteiger partial charge < -0.3 is 38.6 Å². The van der Waals surface area contributed by atoms with Gasteiger partial charge in [-0.3, -0.25) is 4.79 Å². The van der Waals surface area contributed by atoms with Crippen molar-refractivity contribution in [1.29, 1.82) is 0 Å². The van der Waals surface area contributed by atoms with Gasteiger partial charge in [-0.1, -0.05) is 30.4 Å². The van der Waals surface area contributed by atoms with Gasteiger partial charge in [-0.15, -0.1) is 0 Å². The Morgan fingerprint density at radius 1 is 1.02 bits per heavy atom. The normalized spacial score (nSPS) is 30.3. The largest absolute Gasteiger partial charge is 0.491 e. The molecule has 2 aliphatic heterocycles. The average molecular weight is 577 g/mol. The molecule has 9 nitrogen and oxygen atoms in total. The Bertz CT molecular complexity index is 913. The van der Waals surface area contributed by atoms with Crippen LogP contribution in [0.4, 0.5) is 0 Å². The third-order valence-corrected chi connectivity index (χ3v) is 7.98. The fourth-order valence-electron chi connectivity index (χ4n) is 5.71. The first-order chi connectivity index (χ1) is 19.9. The summed E-state index contributed by atoms with van der Waals surface area (Å²) < 4.78 is 37.4. The maximum Gasteiger partial charge on any atom is 0.303 e. The standard InChI is InChI=1S/C32H48O9/c1-32(41-30-18-10-12-20-37-30,22-38-24-13-5-4-6-14-24)23-39-31-25(15-7-2-3-8-16-28(34)35)26(33)21-27(31)40-29-17-9-11-19-36-29/h2,4-7,13-14,25-27,29-31,33H,3,8-12,15-23H2,1H3,(H,34,35)/b7-2-/t25-,26-,27+,29?,30?,31+,32?/m0/s1. The van der Waals surface area contributed by atoms with E-state index in [2.05, 4.69) is 0 Å². The van der Waals surface area contributed by atoms with Crippen LogP contribution in [0.1, 0.15) is 77.6 Å². The molecule has 3 aliphatic rings. The Morgan fingerprint density at radius 3 is 2.44 bits per heavy atom. The van der Waals surface area contributed by atoms with Gasteiger partial charge in [0.25, 0.3) is 0 Å². The molecule has 3 fully saturated rings. The molecule has 1 aliphatic carbocycles. The summed E-state index contributed by atoms with van der Waals surface area (Å²) in [5, 5.41) is 20.0. The first-order valence-corrected chi connectivity index (χ1v) is 15.3. The van der Waals surface area contributed by atoms with Crippen molar-refractivity contribution in [3.63, 3.8) is 0 Å². The van der Waals surface area contributed by atoms with Crippen LogP contribution < -0.4 is 4.74 Å². The summed E-state index contributed by atoms with van der Waals surface area (Å²) in [7, 11) is 0. The molecule has 2 N–H and O–H groups in total. The Balaban J connectivity index is 1.43. The predicted octanol–water partition coefficient (Wildman–Crippen LogP) is 5.25. The van der Waals surface area contributed by atoms with Gasteiger partial charge >= 0.3 is 5.97 Å². The molecule has 3 unspecified atom stereocenters. The van der Waals surface area contributed by atoms with E-state index in [1.165, 1.54) is 0 Å². The lowest BCUT2D eigenvalue weighted by Crippen LogP contribution is -2.47. The topological polar surface area (TPSA) is 113 Å². The van der Waals surface area contributed by atoms with Gasteiger partial charge in [0.1, 0.15) is 18.0 Å². The zero-order valence-electron chi connectivity index (χ0n) is 24.4. The van der Waals surface area contributed by atoms with Crippen LogP contribution in [-0.2, 0) is 28.5 Å². The van der Waals surface area contributed by atoms with Crippen molar-refractivity contribution in [3.8, 4) is 5.75 Å². The Hall–Kier alpha value is -2.01. The highest BCUT2D eigenvalue weighted by Crippen LogP contribution is 2.37. The van der Waals surface area contributed by atoms with E-state index in [4.69, 9.17) is 33.5 Å². The Kier molecular flexibility index (Phi) is 12.9. The minimum Gasteiger partial charge on any atom is -0.491 e. The van der Waals surface area contributed by atoms with Gasteiger partial charge in [0.2, 0.25) is 0 Å². The number of rotatable bonds is 16. The van der Waals surface area contributed by atoms with Crippen LogP contribution in [-0.4, -0.2) is 79.1 Å². The lowest BCUT2D eigenvalue weighted by Gasteiger charge is -2.37. The number of allylic oxidation sites excluding steroid dienone is 2. The Morgan fingerprint density at radius 2 is 1.76 bits per heavy atom. The number of ether oxygens (including phenoxy) is 6. The van der Waals surface area contributed by atoms with Crippen LogP contribution in [0.5, 0.6) is 5.75 Å². The number of carboxylic acid groups (broad SMARTS) is 1. The highest BCUT2D eigenvalue weighted by Gasteiger charge is 2.46. The second kappa shape index (κ2) is 16.6. The van der Waals surface area contributed by atoms with Gasteiger partial charge in [-0.05, 0) is 76.8 Å². The van der Waals surface area contributed by atoms with Crippen molar-refractivity contribution < 1.29 is 43.4 Å². The number of aliphatic hydroxyl groups excluding tert-OH is 1. The SMILES string of the molecule is CC(COc1ccccc1)(CO[C@@H]1[C@@H](C/C=C\CCCC(=O)O)[C@@H](O)C[C@H]1OC1CCCCO1)OC1CCCCO1. The van der Waals surface area contributed by atoms with Gasteiger partial charge in [0, 0.05) is 32.0 Å². The molecule has 2 heterocycles. The molecular formula is C32H48O9. The minimum absolute atomic E-state index is 0.147. The molecule has 0 amide bonds. The smallest absolute Gasteiger partial charge is 0.303 e. The van der Waals surface area contributed by atoms with Crippen molar-refractivity contribution in [3.05, 3.63) is 42.5 Å². The second-order valence-corrected chi connectivity index (χ2v) is 11.7. The van der Waals surface area contributed by atoms with Crippen LogP contribution in [0.3, 0.4) is 0 Å². The summed E-state index contributed by atoms with van der Waals surface area (Å²) in [5.74, 6) is -0.211. The third kappa shape index (κ3) is 10.6. The van der Waals surface area contributed by atoms with E-state index in [0.717, 1.165) is 44.3 Å². The molecule has 1 saturated carbocycles.